The van der Waals surface area contributed by atoms with Crippen molar-refractivity contribution in [3.8, 4) is 0 Å². The van der Waals surface area contributed by atoms with Gasteiger partial charge in [-0.25, -0.2) is 4.39 Å². The first-order valence-electron chi connectivity index (χ1n) is 10.4. The minimum atomic E-state index is -0.897. The molecule has 1 aliphatic rings. The first kappa shape index (κ1) is 24.5. The number of hydrogen-bond donors (Lipinski definition) is 2. The molecule has 3 rings (SSSR count). The number of nitro benzene ring substituents is 1. The number of carbonyl (C=O) groups is 2. The van der Waals surface area contributed by atoms with Crippen LogP contribution in [0.1, 0.15) is 16.8 Å². The number of rotatable bonds is 9. The lowest BCUT2D eigenvalue weighted by Gasteiger charge is -2.29. The highest BCUT2D eigenvalue weighted by molar-refractivity contribution is 7.98. The maximum absolute atomic E-state index is 14.7. The molecule has 1 unspecified atom stereocenters. The van der Waals surface area contributed by atoms with Crippen molar-refractivity contribution in [2.24, 2.45) is 0 Å². The Morgan fingerprint density at radius 2 is 2.00 bits per heavy atom. The summed E-state index contributed by atoms with van der Waals surface area (Å²) in [7, 11) is 0. The van der Waals surface area contributed by atoms with Gasteiger partial charge in [-0.05, 0) is 42.7 Å². The second-order valence-electron chi connectivity index (χ2n) is 7.37. The lowest BCUT2D eigenvalue weighted by atomic mass is 10.1. The van der Waals surface area contributed by atoms with Crippen molar-refractivity contribution in [3.05, 3.63) is 64.0 Å². The quantitative estimate of drug-likeness (QED) is 0.422. The maximum atomic E-state index is 14.7. The van der Waals surface area contributed by atoms with E-state index >= 15 is 0 Å². The van der Waals surface area contributed by atoms with Crippen LogP contribution in [0.25, 0.3) is 0 Å². The summed E-state index contributed by atoms with van der Waals surface area (Å²) in [5.41, 5.74) is 0.568. The molecule has 1 heterocycles. The molecule has 1 fully saturated rings. The van der Waals surface area contributed by atoms with Crippen LogP contribution in [-0.2, 0) is 9.53 Å². The van der Waals surface area contributed by atoms with Gasteiger partial charge in [0, 0.05) is 36.5 Å². The molecule has 1 saturated heterocycles. The molecule has 9 nitrogen and oxygen atoms in total. The fraction of sp³-hybridized carbons (Fsp3) is 0.364. The minimum Gasteiger partial charge on any atom is -0.378 e. The van der Waals surface area contributed by atoms with Crippen molar-refractivity contribution in [2.45, 2.75) is 12.5 Å². The molecule has 11 heteroatoms. The predicted molar refractivity (Wildman–Crippen MR) is 125 cm³/mol. The van der Waals surface area contributed by atoms with E-state index in [0.717, 1.165) is 6.07 Å². The number of anilines is 2. The second kappa shape index (κ2) is 11.6. The van der Waals surface area contributed by atoms with Gasteiger partial charge in [-0.15, -0.1) is 0 Å². The van der Waals surface area contributed by atoms with Crippen molar-refractivity contribution < 1.29 is 23.6 Å². The van der Waals surface area contributed by atoms with E-state index in [-0.39, 0.29) is 16.9 Å². The number of morpholine rings is 1. The SMILES string of the molecule is CSCCC(NC(=O)c1cccc([N+](=O)[O-])c1)C(=O)Nc1ccc(N2CCOCC2)c(F)c1. The Balaban J connectivity index is 1.70. The normalized spacial score (nSPS) is 14.4. The van der Waals surface area contributed by atoms with E-state index in [2.05, 4.69) is 10.6 Å². The van der Waals surface area contributed by atoms with Gasteiger partial charge < -0.3 is 20.3 Å². The van der Waals surface area contributed by atoms with Gasteiger partial charge in [-0.1, -0.05) is 6.07 Å². The molecule has 0 aromatic heterocycles. The number of thioether (sulfide) groups is 1. The molecule has 176 valence electrons. The number of hydrogen-bond acceptors (Lipinski definition) is 7. The van der Waals surface area contributed by atoms with Crippen molar-refractivity contribution in [1.29, 1.82) is 0 Å². The van der Waals surface area contributed by atoms with E-state index in [9.17, 15) is 24.1 Å². The van der Waals surface area contributed by atoms with Crippen LogP contribution in [0.4, 0.5) is 21.5 Å². The summed E-state index contributed by atoms with van der Waals surface area (Å²) in [6.45, 7) is 2.23. The Morgan fingerprint density at radius 3 is 2.67 bits per heavy atom. The molecule has 0 saturated carbocycles. The van der Waals surface area contributed by atoms with Gasteiger partial charge >= 0.3 is 0 Å². The van der Waals surface area contributed by atoms with Gasteiger partial charge in [0.15, 0.2) is 0 Å². The number of halogens is 1. The number of carbonyl (C=O) groups excluding carboxylic acids is 2. The molecular weight excluding hydrogens is 451 g/mol. The van der Waals surface area contributed by atoms with Crippen LogP contribution in [0, 0.1) is 15.9 Å². The van der Waals surface area contributed by atoms with Crippen molar-refractivity contribution in [2.75, 3.05) is 48.5 Å². The standard InChI is InChI=1S/C22H25FN4O5S/c1-33-12-7-19(25-21(28)15-3-2-4-17(13-15)27(30)31)22(29)24-16-5-6-20(18(23)14-16)26-8-10-32-11-9-26/h2-6,13-14,19H,7-12H2,1H3,(H,24,29)(H,25,28). The average Bonchev–Trinajstić information content (AvgIpc) is 2.82. The van der Waals surface area contributed by atoms with Gasteiger partial charge in [0.05, 0.1) is 23.8 Å². The molecule has 2 N–H and O–H groups in total. The van der Waals surface area contributed by atoms with Gasteiger partial charge in [-0.2, -0.15) is 11.8 Å². The number of nitrogens with one attached hydrogen (secondary N) is 2. The highest BCUT2D eigenvalue weighted by Crippen LogP contribution is 2.24. The van der Waals surface area contributed by atoms with Gasteiger partial charge in [0.2, 0.25) is 5.91 Å². The monoisotopic (exact) mass is 476 g/mol. The summed E-state index contributed by atoms with van der Waals surface area (Å²) in [5.74, 6) is -0.969. The van der Waals surface area contributed by atoms with E-state index in [1.54, 1.807) is 12.1 Å². The lowest BCUT2D eigenvalue weighted by Crippen LogP contribution is -2.44. The summed E-state index contributed by atoms with van der Waals surface area (Å²) >= 11 is 1.51. The van der Waals surface area contributed by atoms with E-state index in [4.69, 9.17) is 4.74 Å². The molecule has 0 radical (unpaired) electrons. The molecule has 1 atom stereocenters. The van der Waals surface area contributed by atoms with Crippen LogP contribution in [0.5, 0.6) is 0 Å². The number of benzene rings is 2. The molecular formula is C22H25FN4O5S. The molecule has 2 aromatic rings. The van der Waals surface area contributed by atoms with Crippen LogP contribution >= 0.6 is 11.8 Å². The zero-order valence-electron chi connectivity index (χ0n) is 18.1. The molecule has 0 bridgehead atoms. The summed E-state index contributed by atoms with van der Waals surface area (Å²) in [6, 6.07) is 8.84. The first-order chi connectivity index (χ1) is 15.9. The van der Waals surface area contributed by atoms with Gasteiger partial charge in [0.25, 0.3) is 11.6 Å². The van der Waals surface area contributed by atoms with Crippen molar-refractivity contribution in [1.82, 2.24) is 5.32 Å². The Bertz CT molecular complexity index is 1020. The largest absolute Gasteiger partial charge is 0.378 e. The second-order valence-corrected chi connectivity index (χ2v) is 8.36. The third kappa shape index (κ3) is 6.65. The Labute approximate surface area is 194 Å². The highest BCUT2D eigenvalue weighted by atomic mass is 32.2. The molecule has 2 amide bonds. The molecule has 2 aromatic carbocycles. The fourth-order valence-corrected chi connectivity index (χ4v) is 3.85. The van der Waals surface area contributed by atoms with E-state index in [1.807, 2.05) is 11.2 Å². The Morgan fingerprint density at radius 1 is 1.24 bits per heavy atom. The van der Waals surface area contributed by atoms with Gasteiger partial charge in [0.1, 0.15) is 11.9 Å². The van der Waals surface area contributed by atoms with E-state index < -0.39 is 28.6 Å². The topological polar surface area (TPSA) is 114 Å². The number of amides is 2. The lowest BCUT2D eigenvalue weighted by molar-refractivity contribution is -0.384. The van der Waals surface area contributed by atoms with Crippen LogP contribution in [0.3, 0.4) is 0 Å². The Kier molecular flexibility index (Phi) is 8.61. The summed E-state index contributed by atoms with van der Waals surface area (Å²) in [6.07, 6.45) is 2.21. The number of non-ortho nitro benzene ring substituents is 1. The van der Waals surface area contributed by atoms with Crippen molar-refractivity contribution in [3.63, 3.8) is 0 Å². The predicted octanol–water partition coefficient (Wildman–Crippen LogP) is 3.06. The van der Waals surface area contributed by atoms with Gasteiger partial charge in [-0.3, -0.25) is 19.7 Å². The average molecular weight is 477 g/mol. The van der Waals surface area contributed by atoms with Crippen LogP contribution < -0.4 is 15.5 Å². The Hall–Kier alpha value is -3.18. The van der Waals surface area contributed by atoms with Crippen LogP contribution in [-0.4, -0.2) is 61.1 Å². The highest BCUT2D eigenvalue weighted by Gasteiger charge is 2.23. The molecule has 0 aliphatic carbocycles. The number of nitrogens with zero attached hydrogens (tertiary/aromatic N) is 2. The number of nitro groups is 1. The summed E-state index contributed by atoms with van der Waals surface area (Å²) in [4.78, 5) is 37.8. The van der Waals surface area contributed by atoms with Crippen LogP contribution in [0.2, 0.25) is 0 Å². The third-order valence-corrected chi connectivity index (χ3v) is 5.76. The van der Waals surface area contributed by atoms with E-state index in [0.29, 0.717) is 44.2 Å². The summed E-state index contributed by atoms with van der Waals surface area (Å²) < 4.78 is 19.9. The third-order valence-electron chi connectivity index (χ3n) is 5.12. The molecule has 1 aliphatic heterocycles. The maximum Gasteiger partial charge on any atom is 0.270 e. The smallest absolute Gasteiger partial charge is 0.270 e. The fourth-order valence-electron chi connectivity index (χ4n) is 3.38. The molecule has 33 heavy (non-hydrogen) atoms. The minimum absolute atomic E-state index is 0.0760. The van der Waals surface area contributed by atoms with Crippen molar-refractivity contribution >= 4 is 40.6 Å². The van der Waals surface area contributed by atoms with E-state index in [1.165, 1.54) is 36.0 Å². The zero-order valence-corrected chi connectivity index (χ0v) is 18.9. The first-order valence-corrected chi connectivity index (χ1v) is 11.8. The van der Waals surface area contributed by atoms with Crippen LogP contribution in [0.15, 0.2) is 42.5 Å². The molecule has 0 spiro atoms. The zero-order chi connectivity index (χ0) is 23.8. The summed E-state index contributed by atoms with van der Waals surface area (Å²) in [5, 5.41) is 16.3. The number of ether oxygens (including phenoxy) is 1.